The van der Waals surface area contributed by atoms with Gasteiger partial charge in [-0.2, -0.15) is 0 Å². The van der Waals surface area contributed by atoms with Crippen molar-refractivity contribution in [2.24, 2.45) is 5.92 Å². The molecule has 2 aromatic carbocycles. The fraction of sp³-hybridized carbons (Fsp3) is 0.364. The molecule has 2 aromatic rings. The van der Waals surface area contributed by atoms with Crippen LogP contribution >= 0.6 is 39.1 Å². The summed E-state index contributed by atoms with van der Waals surface area (Å²) in [5, 5.41) is 4.05. The molecule has 1 N–H and O–H groups in total. The van der Waals surface area contributed by atoms with E-state index < -0.39 is 6.04 Å². The van der Waals surface area contributed by atoms with Gasteiger partial charge >= 0.3 is 0 Å². The Bertz CT molecular complexity index is 875. The molecule has 0 saturated carbocycles. The lowest BCUT2D eigenvalue weighted by Crippen LogP contribution is -2.49. The van der Waals surface area contributed by atoms with E-state index in [1.165, 1.54) is 4.90 Å². The Kier molecular flexibility index (Phi) is 9.46. The molecular formula is C22H25BrCl2N2O3. The first-order chi connectivity index (χ1) is 14.2. The molecule has 0 aromatic heterocycles. The fourth-order valence-electron chi connectivity index (χ4n) is 2.64. The van der Waals surface area contributed by atoms with E-state index in [2.05, 4.69) is 21.2 Å². The van der Waals surface area contributed by atoms with Gasteiger partial charge < -0.3 is 15.0 Å². The van der Waals surface area contributed by atoms with Gasteiger partial charge in [-0.1, -0.05) is 49.2 Å². The van der Waals surface area contributed by atoms with Crippen molar-refractivity contribution in [3.63, 3.8) is 0 Å². The molecule has 8 heteroatoms. The molecular weight excluding hydrogens is 491 g/mol. The summed E-state index contributed by atoms with van der Waals surface area (Å²) >= 11 is 15.3. The highest BCUT2D eigenvalue weighted by atomic mass is 79.9. The van der Waals surface area contributed by atoms with Gasteiger partial charge in [-0.05, 0) is 64.7 Å². The number of carbonyl (C=O) groups is 2. The Morgan fingerprint density at radius 1 is 1.07 bits per heavy atom. The van der Waals surface area contributed by atoms with E-state index in [1.807, 2.05) is 26.0 Å². The Morgan fingerprint density at radius 2 is 1.70 bits per heavy atom. The summed E-state index contributed by atoms with van der Waals surface area (Å²) in [6, 6.07) is 11.6. The molecule has 2 amide bonds. The smallest absolute Gasteiger partial charge is 0.261 e. The SMILES string of the molecule is CC(C)CNC(=O)[C@H](C)N(Cc1ccc(Cl)cc1)C(=O)COc1ccc(Cl)cc1Br. The molecule has 0 aliphatic heterocycles. The molecule has 0 bridgehead atoms. The van der Waals surface area contributed by atoms with Crippen LogP contribution in [-0.4, -0.2) is 35.9 Å². The molecule has 2 rings (SSSR count). The van der Waals surface area contributed by atoms with Crippen LogP contribution in [0, 0.1) is 5.92 Å². The molecule has 0 saturated heterocycles. The van der Waals surface area contributed by atoms with E-state index in [0.717, 1.165) is 5.56 Å². The third-order valence-electron chi connectivity index (χ3n) is 4.36. The maximum atomic E-state index is 13.0. The third kappa shape index (κ3) is 7.49. The minimum absolute atomic E-state index is 0.210. The Morgan fingerprint density at radius 3 is 2.30 bits per heavy atom. The topological polar surface area (TPSA) is 58.6 Å². The average Bonchev–Trinajstić information content (AvgIpc) is 2.70. The minimum Gasteiger partial charge on any atom is -0.483 e. The van der Waals surface area contributed by atoms with Gasteiger partial charge in [0.25, 0.3) is 5.91 Å². The summed E-state index contributed by atoms with van der Waals surface area (Å²) in [5.74, 6) is 0.293. The number of halogens is 3. The summed E-state index contributed by atoms with van der Waals surface area (Å²) in [6.07, 6.45) is 0. The highest BCUT2D eigenvalue weighted by Crippen LogP contribution is 2.28. The lowest BCUT2D eigenvalue weighted by atomic mass is 10.1. The van der Waals surface area contributed by atoms with Crippen LogP contribution in [0.25, 0.3) is 0 Å². The second-order valence-corrected chi connectivity index (χ2v) is 9.05. The van der Waals surface area contributed by atoms with Gasteiger partial charge in [0.05, 0.1) is 4.47 Å². The first-order valence-electron chi connectivity index (χ1n) is 9.57. The Balaban J connectivity index is 2.14. The predicted octanol–water partition coefficient (Wildman–Crippen LogP) is 5.32. The summed E-state index contributed by atoms with van der Waals surface area (Å²) in [7, 11) is 0. The first kappa shape index (κ1) is 24.5. The van der Waals surface area contributed by atoms with E-state index in [1.54, 1.807) is 37.3 Å². The van der Waals surface area contributed by atoms with Crippen LogP contribution in [0.1, 0.15) is 26.3 Å². The number of hydrogen-bond acceptors (Lipinski definition) is 3. The van der Waals surface area contributed by atoms with Crippen molar-refractivity contribution < 1.29 is 14.3 Å². The van der Waals surface area contributed by atoms with Gasteiger partial charge in [0.1, 0.15) is 11.8 Å². The van der Waals surface area contributed by atoms with E-state index in [9.17, 15) is 9.59 Å². The van der Waals surface area contributed by atoms with Gasteiger partial charge in [0.15, 0.2) is 6.61 Å². The van der Waals surface area contributed by atoms with Gasteiger partial charge in [-0.3, -0.25) is 9.59 Å². The Hall–Kier alpha value is -1.76. The van der Waals surface area contributed by atoms with Crippen molar-refractivity contribution in [1.82, 2.24) is 10.2 Å². The van der Waals surface area contributed by atoms with E-state index in [0.29, 0.717) is 32.7 Å². The molecule has 0 spiro atoms. The van der Waals surface area contributed by atoms with Crippen LogP contribution in [-0.2, 0) is 16.1 Å². The monoisotopic (exact) mass is 514 g/mol. The molecule has 0 heterocycles. The second kappa shape index (κ2) is 11.6. The highest BCUT2D eigenvalue weighted by Gasteiger charge is 2.26. The number of rotatable bonds is 9. The molecule has 0 aliphatic carbocycles. The molecule has 0 radical (unpaired) electrons. The molecule has 0 fully saturated rings. The lowest BCUT2D eigenvalue weighted by molar-refractivity contribution is -0.142. The standard InChI is InChI=1S/C22H25BrCl2N2O3/c1-14(2)11-26-22(29)15(3)27(12-16-4-6-17(24)7-5-16)21(28)13-30-20-9-8-18(25)10-19(20)23/h4-10,14-15H,11-13H2,1-3H3,(H,26,29)/t15-/m0/s1. The predicted molar refractivity (Wildman–Crippen MR) is 124 cm³/mol. The molecule has 162 valence electrons. The van der Waals surface area contributed by atoms with Crippen molar-refractivity contribution in [2.75, 3.05) is 13.2 Å². The normalized spacial score (nSPS) is 11.8. The van der Waals surface area contributed by atoms with Crippen molar-refractivity contribution in [3.8, 4) is 5.75 Å². The number of carbonyl (C=O) groups excluding carboxylic acids is 2. The van der Waals surface area contributed by atoms with Crippen LogP contribution in [0.2, 0.25) is 10.0 Å². The van der Waals surface area contributed by atoms with Crippen LogP contribution < -0.4 is 10.1 Å². The first-order valence-corrected chi connectivity index (χ1v) is 11.1. The van der Waals surface area contributed by atoms with Gasteiger partial charge in [0, 0.05) is 23.1 Å². The van der Waals surface area contributed by atoms with Gasteiger partial charge in [-0.15, -0.1) is 0 Å². The van der Waals surface area contributed by atoms with E-state index in [-0.39, 0.29) is 25.0 Å². The lowest BCUT2D eigenvalue weighted by Gasteiger charge is -2.29. The molecule has 5 nitrogen and oxygen atoms in total. The zero-order valence-electron chi connectivity index (χ0n) is 17.1. The summed E-state index contributed by atoms with van der Waals surface area (Å²) < 4.78 is 6.32. The van der Waals surface area contributed by atoms with Crippen LogP contribution in [0.5, 0.6) is 5.75 Å². The van der Waals surface area contributed by atoms with Crippen LogP contribution in [0.3, 0.4) is 0 Å². The molecule has 0 aliphatic rings. The van der Waals surface area contributed by atoms with Crippen molar-refractivity contribution in [3.05, 3.63) is 62.5 Å². The summed E-state index contributed by atoms with van der Waals surface area (Å²) in [6.45, 7) is 6.33. The number of nitrogens with one attached hydrogen (secondary N) is 1. The van der Waals surface area contributed by atoms with Crippen LogP contribution in [0.4, 0.5) is 0 Å². The number of amides is 2. The zero-order valence-corrected chi connectivity index (χ0v) is 20.2. The van der Waals surface area contributed by atoms with Gasteiger partial charge in [-0.25, -0.2) is 0 Å². The minimum atomic E-state index is -0.663. The zero-order chi connectivity index (χ0) is 22.3. The molecule has 1 atom stereocenters. The number of hydrogen-bond donors (Lipinski definition) is 1. The number of benzene rings is 2. The van der Waals surface area contributed by atoms with E-state index in [4.69, 9.17) is 27.9 Å². The van der Waals surface area contributed by atoms with Crippen molar-refractivity contribution in [1.29, 1.82) is 0 Å². The maximum absolute atomic E-state index is 13.0. The van der Waals surface area contributed by atoms with Crippen LogP contribution in [0.15, 0.2) is 46.9 Å². The second-order valence-electron chi connectivity index (χ2n) is 7.33. The summed E-state index contributed by atoms with van der Waals surface area (Å²) in [4.78, 5) is 27.1. The highest BCUT2D eigenvalue weighted by molar-refractivity contribution is 9.10. The third-order valence-corrected chi connectivity index (χ3v) is 5.47. The fourth-order valence-corrected chi connectivity index (χ4v) is 3.56. The van der Waals surface area contributed by atoms with E-state index >= 15 is 0 Å². The van der Waals surface area contributed by atoms with Gasteiger partial charge in [0.2, 0.25) is 5.91 Å². The number of nitrogens with zero attached hydrogens (tertiary/aromatic N) is 1. The van der Waals surface area contributed by atoms with Crippen molar-refractivity contribution >= 4 is 50.9 Å². The quantitative estimate of drug-likeness (QED) is 0.491. The largest absolute Gasteiger partial charge is 0.483 e. The van der Waals surface area contributed by atoms with Crippen molar-refractivity contribution in [2.45, 2.75) is 33.4 Å². The Labute approximate surface area is 195 Å². The maximum Gasteiger partial charge on any atom is 0.261 e. The average molecular weight is 516 g/mol. The number of ether oxygens (including phenoxy) is 1. The summed E-state index contributed by atoms with van der Waals surface area (Å²) in [5.41, 5.74) is 0.865. The molecule has 30 heavy (non-hydrogen) atoms. The molecule has 0 unspecified atom stereocenters.